The van der Waals surface area contributed by atoms with Crippen LogP contribution in [-0.2, 0) is 13.1 Å². The molecular formula is C20H21N5O2. The van der Waals surface area contributed by atoms with E-state index in [0.29, 0.717) is 31.1 Å². The Morgan fingerprint density at radius 2 is 1.96 bits per heavy atom. The summed E-state index contributed by atoms with van der Waals surface area (Å²) in [5, 5.41) is 3.28. The first-order valence-electron chi connectivity index (χ1n) is 8.91. The number of hydrogen-bond donors (Lipinski definition) is 2. The van der Waals surface area contributed by atoms with Crippen LogP contribution in [0.5, 0.6) is 0 Å². The minimum Gasteiger partial charge on any atom is -0.358 e. The van der Waals surface area contributed by atoms with E-state index in [4.69, 9.17) is 0 Å². The largest absolute Gasteiger partial charge is 0.358 e. The summed E-state index contributed by atoms with van der Waals surface area (Å²) in [6, 6.07) is 14.0. The van der Waals surface area contributed by atoms with Gasteiger partial charge in [0.15, 0.2) is 0 Å². The van der Waals surface area contributed by atoms with Crippen molar-refractivity contribution in [2.24, 2.45) is 0 Å². The fraction of sp³-hybridized carbons (Fsp3) is 0.250. The van der Waals surface area contributed by atoms with E-state index in [2.05, 4.69) is 39.2 Å². The molecule has 0 saturated carbocycles. The molecule has 0 fully saturated rings. The van der Waals surface area contributed by atoms with Crippen LogP contribution in [-0.4, -0.2) is 26.1 Å². The Hall–Kier alpha value is -3.19. The highest BCUT2D eigenvalue weighted by molar-refractivity contribution is 5.46. The summed E-state index contributed by atoms with van der Waals surface area (Å²) in [6.45, 7) is 3.49. The lowest BCUT2D eigenvalue weighted by molar-refractivity contribution is 0.206. The highest BCUT2D eigenvalue weighted by Crippen LogP contribution is 2.26. The van der Waals surface area contributed by atoms with E-state index in [9.17, 15) is 9.59 Å². The zero-order valence-corrected chi connectivity index (χ0v) is 15.1. The molecule has 7 heteroatoms. The smallest absolute Gasteiger partial charge is 0.330 e. The van der Waals surface area contributed by atoms with Crippen molar-refractivity contribution >= 4 is 5.82 Å². The third-order valence-electron chi connectivity index (χ3n) is 5.00. The van der Waals surface area contributed by atoms with Gasteiger partial charge in [-0.1, -0.05) is 36.4 Å². The van der Waals surface area contributed by atoms with E-state index in [1.807, 2.05) is 30.3 Å². The summed E-state index contributed by atoms with van der Waals surface area (Å²) in [4.78, 5) is 33.5. The Bertz CT molecular complexity index is 1040. The maximum Gasteiger partial charge on any atom is 0.330 e. The standard InChI is InChI=1S/C20H21N5O2/c1-14(16-7-3-2-4-8-16)24-12-17-18(22-13-24)25(20(27)23-19(17)26)11-15-6-5-9-21-10-15/h2-10,14,22H,11-13H2,1H3,(H,23,26,27)/t14-/m0/s1. The highest BCUT2D eigenvalue weighted by atomic mass is 16.2. The molecule has 4 rings (SSSR count). The number of rotatable bonds is 4. The second-order valence-electron chi connectivity index (χ2n) is 6.70. The number of pyridine rings is 1. The maximum absolute atomic E-state index is 12.4. The van der Waals surface area contributed by atoms with E-state index in [1.54, 1.807) is 17.0 Å². The molecule has 0 spiro atoms. The Balaban J connectivity index is 1.67. The zero-order valence-electron chi connectivity index (χ0n) is 15.1. The van der Waals surface area contributed by atoms with Crippen LogP contribution < -0.4 is 16.6 Å². The lowest BCUT2D eigenvalue weighted by atomic mass is 10.1. The topological polar surface area (TPSA) is 83.0 Å². The van der Waals surface area contributed by atoms with E-state index in [1.165, 1.54) is 5.56 Å². The van der Waals surface area contributed by atoms with Crippen LogP contribution in [0.4, 0.5) is 5.82 Å². The number of aromatic amines is 1. The Kier molecular flexibility index (Phi) is 4.60. The summed E-state index contributed by atoms with van der Waals surface area (Å²) < 4.78 is 1.57. The molecule has 7 nitrogen and oxygen atoms in total. The van der Waals surface area contributed by atoms with Crippen LogP contribution in [0.3, 0.4) is 0 Å². The van der Waals surface area contributed by atoms with Gasteiger partial charge >= 0.3 is 5.69 Å². The summed E-state index contributed by atoms with van der Waals surface area (Å²) in [7, 11) is 0. The minimum atomic E-state index is -0.417. The van der Waals surface area contributed by atoms with Crippen molar-refractivity contribution in [2.45, 2.75) is 26.1 Å². The molecule has 0 unspecified atom stereocenters. The van der Waals surface area contributed by atoms with E-state index >= 15 is 0 Å². The SMILES string of the molecule is C[C@@H](c1ccccc1)N1CNc2c(c(=O)[nH]c(=O)n2Cc2cccnc2)C1. The van der Waals surface area contributed by atoms with Gasteiger partial charge < -0.3 is 5.32 Å². The minimum absolute atomic E-state index is 0.143. The van der Waals surface area contributed by atoms with E-state index in [-0.39, 0.29) is 11.6 Å². The van der Waals surface area contributed by atoms with Crippen LogP contribution in [0.2, 0.25) is 0 Å². The van der Waals surface area contributed by atoms with Gasteiger partial charge in [0.2, 0.25) is 0 Å². The number of fused-ring (bicyclic) bond motifs is 1. The number of hydrogen-bond acceptors (Lipinski definition) is 5. The van der Waals surface area contributed by atoms with E-state index in [0.717, 1.165) is 5.56 Å². The van der Waals surface area contributed by atoms with E-state index < -0.39 is 5.69 Å². The fourth-order valence-electron chi connectivity index (χ4n) is 3.44. The van der Waals surface area contributed by atoms with Crippen molar-refractivity contribution in [2.75, 3.05) is 12.0 Å². The first-order valence-corrected chi connectivity index (χ1v) is 8.91. The number of benzene rings is 1. The predicted molar refractivity (Wildman–Crippen MR) is 104 cm³/mol. The van der Waals surface area contributed by atoms with Crippen LogP contribution in [0.15, 0.2) is 64.4 Å². The summed E-state index contributed by atoms with van der Waals surface area (Å²) in [6.07, 6.45) is 3.41. The number of nitrogens with zero attached hydrogens (tertiary/aromatic N) is 3. The highest BCUT2D eigenvalue weighted by Gasteiger charge is 2.26. The van der Waals surface area contributed by atoms with Crippen LogP contribution >= 0.6 is 0 Å². The normalized spacial score (nSPS) is 15.0. The fourth-order valence-corrected chi connectivity index (χ4v) is 3.44. The Morgan fingerprint density at radius 1 is 1.15 bits per heavy atom. The van der Waals surface area contributed by atoms with Crippen LogP contribution in [0.25, 0.3) is 0 Å². The number of H-pyrrole nitrogens is 1. The molecule has 2 N–H and O–H groups in total. The second-order valence-corrected chi connectivity index (χ2v) is 6.70. The molecule has 0 bridgehead atoms. The average molecular weight is 363 g/mol. The maximum atomic E-state index is 12.4. The average Bonchev–Trinajstić information content (AvgIpc) is 2.71. The summed E-state index contributed by atoms with van der Waals surface area (Å²) in [5.41, 5.74) is 1.90. The molecule has 2 aromatic heterocycles. The molecule has 138 valence electrons. The van der Waals surface area contributed by atoms with Crippen LogP contribution in [0.1, 0.15) is 29.7 Å². The zero-order chi connectivity index (χ0) is 18.8. The molecule has 3 heterocycles. The van der Waals surface area contributed by atoms with Crippen molar-refractivity contribution in [3.63, 3.8) is 0 Å². The van der Waals surface area contributed by atoms with Gasteiger partial charge in [0.25, 0.3) is 5.56 Å². The third-order valence-corrected chi connectivity index (χ3v) is 5.00. The molecule has 0 amide bonds. The van der Waals surface area contributed by atoms with Crippen molar-refractivity contribution in [1.29, 1.82) is 0 Å². The molecule has 1 aliphatic rings. The number of anilines is 1. The summed E-state index contributed by atoms with van der Waals surface area (Å²) >= 11 is 0. The first-order chi connectivity index (χ1) is 13.1. The van der Waals surface area contributed by atoms with Gasteiger partial charge in [0, 0.05) is 25.0 Å². The molecule has 1 aliphatic heterocycles. The lowest BCUT2D eigenvalue weighted by Crippen LogP contribution is -2.44. The van der Waals surface area contributed by atoms with Gasteiger partial charge in [-0.05, 0) is 24.1 Å². The van der Waals surface area contributed by atoms with Gasteiger partial charge in [-0.3, -0.25) is 24.2 Å². The molecule has 0 aliphatic carbocycles. The monoisotopic (exact) mass is 363 g/mol. The Morgan fingerprint density at radius 3 is 2.70 bits per heavy atom. The second kappa shape index (κ2) is 7.20. The van der Waals surface area contributed by atoms with Gasteiger partial charge in [-0.25, -0.2) is 4.79 Å². The first kappa shape index (κ1) is 17.2. The summed E-state index contributed by atoms with van der Waals surface area (Å²) in [5.74, 6) is 0.587. The molecule has 0 saturated heterocycles. The van der Waals surface area contributed by atoms with Gasteiger partial charge in [-0.2, -0.15) is 0 Å². The van der Waals surface area contributed by atoms with Crippen molar-refractivity contribution in [3.05, 3.63) is 92.4 Å². The number of nitrogens with one attached hydrogen (secondary N) is 2. The van der Waals surface area contributed by atoms with Crippen molar-refractivity contribution in [3.8, 4) is 0 Å². The molecule has 3 aromatic rings. The van der Waals surface area contributed by atoms with Gasteiger partial charge in [0.1, 0.15) is 5.82 Å². The molecular weight excluding hydrogens is 342 g/mol. The Labute approximate surface area is 156 Å². The molecule has 1 atom stereocenters. The lowest BCUT2D eigenvalue weighted by Gasteiger charge is -2.35. The van der Waals surface area contributed by atoms with Crippen molar-refractivity contribution in [1.82, 2.24) is 19.4 Å². The predicted octanol–water partition coefficient (Wildman–Crippen LogP) is 1.93. The third kappa shape index (κ3) is 3.41. The quantitative estimate of drug-likeness (QED) is 0.740. The van der Waals surface area contributed by atoms with Gasteiger partial charge in [-0.15, -0.1) is 0 Å². The molecule has 27 heavy (non-hydrogen) atoms. The molecule has 1 aromatic carbocycles. The number of aromatic nitrogens is 3. The van der Waals surface area contributed by atoms with Gasteiger partial charge in [0.05, 0.1) is 18.8 Å². The molecule has 0 radical (unpaired) electrons. The van der Waals surface area contributed by atoms with Crippen molar-refractivity contribution < 1.29 is 0 Å². The van der Waals surface area contributed by atoms with Crippen LogP contribution in [0, 0.1) is 0 Å².